The number of carbonyl (C=O) groups is 1. The van der Waals surface area contributed by atoms with Crippen molar-refractivity contribution in [1.82, 2.24) is 0 Å². The van der Waals surface area contributed by atoms with E-state index < -0.39 is 5.54 Å². The number of aliphatic hydroxyl groups excluding tert-OH is 1. The molecule has 0 amide bonds. The third kappa shape index (κ3) is 6.19. The predicted octanol–water partition coefficient (Wildman–Crippen LogP) is 3.99. The molecule has 0 bridgehead atoms. The third-order valence-electron chi connectivity index (χ3n) is 5.08. The van der Waals surface area contributed by atoms with Gasteiger partial charge in [0.25, 0.3) is 0 Å². The molecule has 4 nitrogen and oxygen atoms in total. The molecule has 1 unspecified atom stereocenters. The Hall–Kier alpha value is -2.17. The number of Topliss-reactive ketones (excluding diaryl/α,β-unsaturated/α-hetero) is 1. The van der Waals surface area contributed by atoms with Gasteiger partial charge in [-0.3, -0.25) is 4.79 Å². The van der Waals surface area contributed by atoms with Crippen LogP contribution < -0.4 is 10.5 Å². The molecule has 2 rings (SSSR count). The fourth-order valence-electron chi connectivity index (χ4n) is 2.88. The van der Waals surface area contributed by atoms with Crippen LogP contribution in [0.15, 0.2) is 42.5 Å². The highest BCUT2D eigenvalue weighted by molar-refractivity contribution is 5.96. The van der Waals surface area contributed by atoms with Gasteiger partial charge in [-0.15, -0.1) is 0 Å². The van der Waals surface area contributed by atoms with Crippen LogP contribution in [0, 0.1) is 13.8 Å². The zero-order valence-electron chi connectivity index (χ0n) is 16.6. The minimum Gasteiger partial charge on any atom is -0.492 e. The van der Waals surface area contributed by atoms with E-state index in [0.29, 0.717) is 24.2 Å². The van der Waals surface area contributed by atoms with Crippen molar-refractivity contribution in [3.63, 3.8) is 0 Å². The molecule has 0 radical (unpaired) electrons. The number of ether oxygens (including phenoxy) is 1. The van der Waals surface area contributed by atoms with Crippen LogP contribution in [0.5, 0.6) is 5.75 Å². The topological polar surface area (TPSA) is 72.6 Å². The van der Waals surface area contributed by atoms with Gasteiger partial charge in [0.05, 0.1) is 12.1 Å². The van der Waals surface area contributed by atoms with Gasteiger partial charge >= 0.3 is 0 Å². The van der Waals surface area contributed by atoms with Gasteiger partial charge in [-0.25, -0.2) is 0 Å². The Balaban J connectivity index is 1.85. The van der Waals surface area contributed by atoms with Gasteiger partial charge in [0, 0.05) is 12.0 Å². The lowest BCUT2D eigenvalue weighted by molar-refractivity contribution is 0.0980. The number of carbonyl (C=O) groups excluding carboxylic acids is 1. The summed E-state index contributed by atoms with van der Waals surface area (Å²) in [5.41, 5.74) is 9.82. The summed E-state index contributed by atoms with van der Waals surface area (Å²) in [4.78, 5) is 12.4. The molecule has 4 heteroatoms. The smallest absolute Gasteiger partial charge is 0.162 e. The highest BCUT2D eigenvalue weighted by Gasteiger charge is 2.22. The van der Waals surface area contributed by atoms with Crippen molar-refractivity contribution < 1.29 is 14.6 Å². The number of benzene rings is 2. The molecule has 0 aliphatic carbocycles. The molecule has 2 aromatic carbocycles. The molecule has 0 saturated carbocycles. The van der Waals surface area contributed by atoms with Crippen LogP contribution in [0.2, 0.25) is 0 Å². The first-order chi connectivity index (χ1) is 12.9. The lowest BCUT2D eigenvalue weighted by Gasteiger charge is -2.25. The van der Waals surface area contributed by atoms with Gasteiger partial charge < -0.3 is 15.6 Å². The highest BCUT2D eigenvalue weighted by Crippen LogP contribution is 2.18. The van der Waals surface area contributed by atoms with Crippen molar-refractivity contribution in [2.75, 3.05) is 13.2 Å². The summed E-state index contributed by atoms with van der Waals surface area (Å²) in [6.07, 6.45) is 2.90. The van der Waals surface area contributed by atoms with E-state index in [1.54, 1.807) is 24.3 Å². The standard InChI is InChI=1S/C23H31NO3/c1-4-23(24,15-25)16-27-21-12-10-19(11-13-21)22(26)7-5-6-20-14-17(2)8-9-18(20)3/h8-14,25H,4-7,15-16,24H2,1-3H3. The maximum absolute atomic E-state index is 12.4. The molecule has 0 aliphatic heterocycles. The van der Waals surface area contributed by atoms with Crippen LogP contribution in [-0.2, 0) is 6.42 Å². The number of ketones is 1. The van der Waals surface area contributed by atoms with Crippen LogP contribution in [0.1, 0.15) is 53.2 Å². The summed E-state index contributed by atoms with van der Waals surface area (Å²) in [5, 5.41) is 9.33. The summed E-state index contributed by atoms with van der Waals surface area (Å²) in [6, 6.07) is 13.6. The lowest BCUT2D eigenvalue weighted by Crippen LogP contribution is -2.48. The first kappa shape index (κ1) is 21.1. The first-order valence-electron chi connectivity index (χ1n) is 9.59. The Kier molecular flexibility index (Phi) is 7.57. The Bertz CT molecular complexity index is 749. The fourth-order valence-corrected chi connectivity index (χ4v) is 2.88. The van der Waals surface area contributed by atoms with E-state index in [9.17, 15) is 9.90 Å². The zero-order valence-corrected chi connectivity index (χ0v) is 16.6. The summed E-state index contributed by atoms with van der Waals surface area (Å²) >= 11 is 0. The second kappa shape index (κ2) is 9.67. The molecule has 0 spiro atoms. The van der Waals surface area contributed by atoms with E-state index in [1.807, 2.05) is 6.92 Å². The highest BCUT2D eigenvalue weighted by atomic mass is 16.5. The summed E-state index contributed by atoms with van der Waals surface area (Å²) in [7, 11) is 0. The number of hydrogen-bond acceptors (Lipinski definition) is 4. The molecule has 3 N–H and O–H groups in total. The van der Waals surface area contributed by atoms with Crippen LogP contribution in [0.25, 0.3) is 0 Å². The Morgan fingerprint density at radius 2 is 1.85 bits per heavy atom. The molecule has 27 heavy (non-hydrogen) atoms. The van der Waals surface area contributed by atoms with E-state index in [0.717, 1.165) is 12.8 Å². The number of nitrogens with two attached hydrogens (primary N) is 1. The van der Waals surface area contributed by atoms with Crippen LogP contribution >= 0.6 is 0 Å². The second-order valence-electron chi connectivity index (χ2n) is 7.39. The lowest BCUT2D eigenvalue weighted by atomic mass is 9.98. The van der Waals surface area contributed by atoms with Crippen molar-refractivity contribution in [3.8, 4) is 5.75 Å². The van der Waals surface area contributed by atoms with Gasteiger partial charge in [-0.2, -0.15) is 0 Å². The second-order valence-corrected chi connectivity index (χ2v) is 7.39. The summed E-state index contributed by atoms with van der Waals surface area (Å²) < 4.78 is 5.65. The minimum atomic E-state index is -0.734. The Morgan fingerprint density at radius 3 is 2.48 bits per heavy atom. The first-order valence-corrected chi connectivity index (χ1v) is 9.59. The average molecular weight is 370 g/mol. The fraction of sp³-hybridized carbons (Fsp3) is 0.435. The number of aliphatic hydroxyl groups is 1. The van der Waals surface area contributed by atoms with Crippen molar-refractivity contribution in [3.05, 3.63) is 64.7 Å². The molecule has 1 atom stereocenters. The van der Waals surface area contributed by atoms with Crippen molar-refractivity contribution >= 4 is 5.78 Å². The van der Waals surface area contributed by atoms with E-state index in [-0.39, 0.29) is 19.0 Å². The molecule has 0 heterocycles. The molecule has 0 saturated heterocycles. The van der Waals surface area contributed by atoms with E-state index >= 15 is 0 Å². The Morgan fingerprint density at radius 1 is 1.15 bits per heavy atom. The maximum atomic E-state index is 12.4. The van der Waals surface area contributed by atoms with Crippen molar-refractivity contribution in [2.24, 2.45) is 5.73 Å². The van der Waals surface area contributed by atoms with Gasteiger partial charge in [0.2, 0.25) is 0 Å². The molecule has 0 aromatic heterocycles. The number of rotatable bonds is 10. The number of hydrogen-bond donors (Lipinski definition) is 2. The zero-order chi connectivity index (χ0) is 19.9. The van der Waals surface area contributed by atoms with E-state index in [1.165, 1.54) is 16.7 Å². The SMILES string of the molecule is CCC(N)(CO)COc1ccc(C(=O)CCCc2cc(C)ccc2C)cc1. The van der Waals surface area contributed by atoms with Gasteiger partial charge in [0.15, 0.2) is 5.78 Å². The van der Waals surface area contributed by atoms with Crippen molar-refractivity contribution in [1.29, 1.82) is 0 Å². The molecule has 0 aliphatic rings. The Labute approximate surface area is 162 Å². The summed E-state index contributed by atoms with van der Waals surface area (Å²) in [5.74, 6) is 0.794. The number of aryl methyl sites for hydroxylation is 3. The van der Waals surface area contributed by atoms with Gasteiger partial charge in [-0.1, -0.05) is 30.7 Å². The van der Waals surface area contributed by atoms with Gasteiger partial charge in [0.1, 0.15) is 12.4 Å². The van der Waals surface area contributed by atoms with E-state index in [2.05, 4.69) is 32.0 Å². The summed E-state index contributed by atoms with van der Waals surface area (Å²) in [6.45, 7) is 6.23. The largest absolute Gasteiger partial charge is 0.492 e. The van der Waals surface area contributed by atoms with E-state index in [4.69, 9.17) is 10.5 Å². The predicted molar refractivity (Wildman–Crippen MR) is 109 cm³/mol. The van der Waals surface area contributed by atoms with Crippen LogP contribution in [-0.4, -0.2) is 29.6 Å². The third-order valence-corrected chi connectivity index (χ3v) is 5.08. The van der Waals surface area contributed by atoms with Gasteiger partial charge in [-0.05, 0) is 68.5 Å². The van der Waals surface area contributed by atoms with Crippen LogP contribution in [0.3, 0.4) is 0 Å². The van der Waals surface area contributed by atoms with Crippen molar-refractivity contribution in [2.45, 2.75) is 52.0 Å². The molecule has 0 fully saturated rings. The minimum absolute atomic E-state index is 0.125. The maximum Gasteiger partial charge on any atom is 0.162 e. The molecular weight excluding hydrogens is 338 g/mol. The average Bonchev–Trinajstić information content (AvgIpc) is 2.69. The normalized spacial score (nSPS) is 13.2. The molecule has 2 aromatic rings. The quantitative estimate of drug-likeness (QED) is 0.621. The monoisotopic (exact) mass is 369 g/mol. The molecule has 146 valence electrons. The molecular formula is C23H31NO3. The van der Waals surface area contributed by atoms with Crippen LogP contribution in [0.4, 0.5) is 0 Å².